The van der Waals surface area contributed by atoms with Gasteiger partial charge in [0.1, 0.15) is 46.5 Å². The molecule has 0 bridgehead atoms. The van der Waals surface area contributed by atoms with Crippen LogP contribution in [-0.4, -0.2) is 132 Å². The third-order valence-electron chi connectivity index (χ3n) is 19.9. The number of furan rings is 2. The number of anilines is 3. The standard InChI is InChI=1S/C29H24FIN4O3.C27H30N4O3.C24H20N4O3S/c1-38-23-9-4-20(5-10-23)28(36)34-14-12-33(13-15-34)27-24-16-22(31)8-11-26(24)35(29(37)25(27)17-32)18-19-2-6-21(30)7-3-19;28-19-22-25(29-14-16-30(17-15-29)27(33)24-11-6-18-34-24)21-9-4-5-10-23(21)31(26(22)32)13-12-20-7-2-1-3-8-20;25-14-19-22(26-8-10-27(11-9-26)24(30)21-6-3-13-32-21)18-4-1-2-5-20(18)28(23(19)29)15-17-7-12-31-16-17/h2-11,16H,12-15,18H2,1H3;4-6,9-11,18,20H,1-3,7-8,12-17H2;1-7,12-13,16H,8-11,15H2. The number of pyridine rings is 3. The summed E-state index contributed by atoms with van der Waals surface area (Å²) in [6.07, 6.45) is 12.0. The minimum absolute atomic E-state index is 0.0283. The number of carbonyl (C=O) groups is 3. The molecular formula is C80H74FIN12O9S. The summed E-state index contributed by atoms with van der Waals surface area (Å²) >= 11 is 3.65. The number of rotatable bonds is 14. The molecule has 3 aliphatic heterocycles. The van der Waals surface area contributed by atoms with Crippen LogP contribution < -0.4 is 36.1 Å². The predicted octanol–water partition coefficient (Wildman–Crippen LogP) is 12.6. The van der Waals surface area contributed by atoms with Crippen LogP contribution in [0.1, 0.15) is 96.9 Å². The van der Waals surface area contributed by atoms with Crippen molar-refractivity contribution in [3.05, 3.63) is 254 Å². The van der Waals surface area contributed by atoms with Crippen molar-refractivity contribution >= 4 is 101 Å². The molecule has 1 aliphatic carbocycles. The fourth-order valence-corrected chi connectivity index (χ4v) is 15.8. The van der Waals surface area contributed by atoms with Crippen molar-refractivity contribution in [2.75, 3.05) is 100 Å². The first-order valence-corrected chi connectivity index (χ1v) is 36.7. The van der Waals surface area contributed by atoms with Gasteiger partial charge >= 0.3 is 0 Å². The molecule has 0 N–H and O–H groups in total. The number of thiophene rings is 1. The van der Waals surface area contributed by atoms with Gasteiger partial charge in [-0.1, -0.05) is 86.7 Å². The van der Waals surface area contributed by atoms with Crippen molar-refractivity contribution in [2.45, 2.75) is 58.2 Å². The van der Waals surface area contributed by atoms with Gasteiger partial charge in [-0.25, -0.2) is 4.39 Å². The van der Waals surface area contributed by atoms with Crippen LogP contribution in [0.5, 0.6) is 5.75 Å². The summed E-state index contributed by atoms with van der Waals surface area (Å²) in [7, 11) is 1.58. The average molecular weight is 1530 g/mol. The fourth-order valence-electron chi connectivity index (χ4n) is 14.6. The van der Waals surface area contributed by atoms with E-state index in [2.05, 4.69) is 50.6 Å². The largest absolute Gasteiger partial charge is 0.497 e. The van der Waals surface area contributed by atoms with Crippen LogP contribution in [0.3, 0.4) is 0 Å². The number of aromatic nitrogens is 3. The van der Waals surface area contributed by atoms with Crippen molar-refractivity contribution in [3.8, 4) is 24.0 Å². The van der Waals surface area contributed by atoms with Gasteiger partial charge in [-0.15, -0.1) is 11.3 Å². The molecule has 0 atom stereocenters. The molecule has 4 fully saturated rings. The molecule has 0 spiro atoms. The Bertz CT molecular complexity index is 5260. The second-order valence-electron chi connectivity index (χ2n) is 26.0. The third-order valence-corrected chi connectivity index (χ3v) is 21.5. The Kier molecular flexibility index (Phi) is 22.1. The zero-order chi connectivity index (χ0) is 72.4. The Morgan fingerprint density at radius 2 is 1.06 bits per heavy atom. The molecule has 1 saturated carbocycles. The number of nitriles is 3. The van der Waals surface area contributed by atoms with Crippen LogP contribution in [0.15, 0.2) is 193 Å². The highest BCUT2D eigenvalue weighted by Crippen LogP contribution is 2.36. The lowest BCUT2D eigenvalue weighted by molar-refractivity contribution is 0.0712. The Morgan fingerprint density at radius 1 is 0.538 bits per heavy atom. The summed E-state index contributed by atoms with van der Waals surface area (Å²) in [6.45, 7) is 7.37. The van der Waals surface area contributed by atoms with E-state index in [9.17, 15) is 48.9 Å². The van der Waals surface area contributed by atoms with E-state index in [4.69, 9.17) is 13.6 Å². The molecule has 3 saturated heterocycles. The van der Waals surface area contributed by atoms with Crippen molar-refractivity contribution in [2.24, 2.45) is 5.92 Å². The maximum Gasteiger partial charge on any atom is 0.289 e. The van der Waals surface area contributed by atoms with Crippen molar-refractivity contribution in [1.29, 1.82) is 15.8 Å². The normalized spacial score (nSPS) is 14.8. The average Bonchev–Trinajstić information content (AvgIpc) is 0.832. The van der Waals surface area contributed by atoms with Crippen LogP contribution in [0.4, 0.5) is 21.5 Å². The zero-order valence-electron chi connectivity index (χ0n) is 57.3. The lowest BCUT2D eigenvalue weighted by Crippen LogP contribution is -2.49. The number of halogens is 2. The number of hydrogen-bond donors (Lipinski definition) is 0. The molecule has 5 aromatic carbocycles. The predicted molar refractivity (Wildman–Crippen MR) is 406 cm³/mol. The van der Waals surface area contributed by atoms with Gasteiger partial charge in [-0.2, -0.15) is 15.8 Å². The van der Waals surface area contributed by atoms with Gasteiger partial charge in [0.15, 0.2) is 5.76 Å². The van der Waals surface area contributed by atoms with Gasteiger partial charge in [-0.05, 0) is 137 Å². The number of aryl methyl sites for hydroxylation is 1. The Labute approximate surface area is 616 Å². The molecule has 6 aromatic heterocycles. The van der Waals surface area contributed by atoms with Gasteiger partial charge in [0.2, 0.25) is 0 Å². The Hall–Kier alpha value is -11.3. The molecule has 3 amide bonds. The summed E-state index contributed by atoms with van der Waals surface area (Å²) < 4.78 is 35.0. The molecule has 11 aromatic rings. The summed E-state index contributed by atoms with van der Waals surface area (Å²) in [6, 6.07) is 49.8. The van der Waals surface area contributed by atoms with E-state index in [1.165, 1.54) is 61.8 Å². The number of para-hydroxylation sites is 2. The van der Waals surface area contributed by atoms with Gasteiger partial charge < -0.3 is 56.7 Å². The van der Waals surface area contributed by atoms with Gasteiger partial charge in [0, 0.05) is 116 Å². The molecule has 15 rings (SSSR count). The van der Waals surface area contributed by atoms with Crippen molar-refractivity contribution < 1.29 is 32.3 Å². The second kappa shape index (κ2) is 32.4. The Balaban J connectivity index is 0.000000139. The number of ether oxygens (including phenoxy) is 1. The molecule has 0 radical (unpaired) electrons. The first kappa shape index (κ1) is 71.1. The molecule has 24 heteroatoms. The van der Waals surface area contributed by atoms with Gasteiger partial charge in [-0.3, -0.25) is 28.8 Å². The van der Waals surface area contributed by atoms with E-state index in [-0.39, 0.29) is 57.9 Å². The maximum atomic E-state index is 13.6. The van der Waals surface area contributed by atoms with Crippen LogP contribution >= 0.6 is 33.9 Å². The number of nitrogens with zero attached hydrogens (tertiary/aromatic N) is 12. The van der Waals surface area contributed by atoms with E-state index in [1.807, 2.05) is 105 Å². The Morgan fingerprint density at radius 3 is 1.58 bits per heavy atom. The van der Waals surface area contributed by atoms with E-state index >= 15 is 0 Å². The summed E-state index contributed by atoms with van der Waals surface area (Å²) in [5.41, 5.74) is 5.97. The first-order valence-electron chi connectivity index (χ1n) is 34.7. The minimum Gasteiger partial charge on any atom is -0.497 e. The molecule has 0 unspecified atom stereocenters. The minimum atomic E-state index is -0.391. The van der Waals surface area contributed by atoms with Crippen LogP contribution in [0.25, 0.3) is 32.7 Å². The van der Waals surface area contributed by atoms with Crippen molar-refractivity contribution in [1.82, 2.24) is 28.4 Å². The number of benzene rings is 5. The first-order chi connectivity index (χ1) is 50.7. The number of piperazine rings is 3. The maximum absolute atomic E-state index is 13.6. The van der Waals surface area contributed by atoms with E-state index in [0.717, 1.165) is 53.2 Å². The number of methoxy groups -OCH3 is 1. The van der Waals surface area contributed by atoms with Crippen LogP contribution in [-0.2, 0) is 19.6 Å². The smallest absolute Gasteiger partial charge is 0.289 e. The molecule has 4 aliphatic rings. The molecule has 21 nitrogen and oxygen atoms in total. The van der Waals surface area contributed by atoms with Gasteiger partial charge in [0.25, 0.3) is 34.4 Å². The summed E-state index contributed by atoms with van der Waals surface area (Å²) in [5, 5.41) is 34.5. The topological polar surface area (TPSA) is 244 Å². The highest BCUT2D eigenvalue weighted by atomic mass is 127. The molecule has 528 valence electrons. The van der Waals surface area contributed by atoms with Gasteiger partial charge in [0.05, 0.1) is 77.5 Å². The monoisotopic (exact) mass is 1520 g/mol. The quantitative estimate of drug-likeness (QED) is 0.0919. The lowest BCUT2D eigenvalue weighted by Gasteiger charge is -2.37. The van der Waals surface area contributed by atoms with Crippen LogP contribution in [0.2, 0.25) is 0 Å². The van der Waals surface area contributed by atoms with E-state index in [0.29, 0.717) is 137 Å². The van der Waals surface area contributed by atoms with Crippen LogP contribution in [0, 0.1) is 49.3 Å². The number of amides is 3. The zero-order valence-corrected chi connectivity index (χ0v) is 60.3. The third kappa shape index (κ3) is 15.1. The lowest BCUT2D eigenvalue weighted by atomic mass is 9.87. The highest BCUT2D eigenvalue weighted by molar-refractivity contribution is 14.1. The van der Waals surface area contributed by atoms with E-state index < -0.39 is 5.56 Å². The summed E-state index contributed by atoms with van der Waals surface area (Å²) in [5.74, 6) is 1.15. The summed E-state index contributed by atoms with van der Waals surface area (Å²) in [4.78, 5) is 91.1. The van der Waals surface area contributed by atoms with Crippen molar-refractivity contribution in [3.63, 3.8) is 0 Å². The molecule has 9 heterocycles. The molecule has 104 heavy (non-hydrogen) atoms. The van der Waals surface area contributed by atoms with E-state index in [1.54, 1.807) is 87.1 Å². The number of hydrogen-bond acceptors (Lipinski definition) is 16. The highest BCUT2D eigenvalue weighted by Gasteiger charge is 2.32. The number of fused-ring (bicyclic) bond motifs is 3. The number of carbonyl (C=O) groups excluding carboxylic acids is 3. The second-order valence-corrected chi connectivity index (χ2v) is 28.2. The SMILES string of the molecule is COc1ccc(C(=O)N2CCN(c3c(C#N)c(=O)n(Cc4ccc(F)cc4)c4ccc(I)cc34)CC2)cc1.N#Cc1c(N2CCN(C(=O)c3ccco3)CC2)c2ccccc2n(CCC2CCCCC2)c1=O.N#Cc1c(N2CCN(C(=O)c3cccs3)CC2)c2ccccc2n(Cc2ccoc2)c1=O. The molecular weight excluding hydrogens is 1450 g/mol. The fraction of sp³-hybridized carbons (Fsp3) is 0.287.